The molecule has 0 saturated carbocycles. The summed E-state index contributed by atoms with van der Waals surface area (Å²) in [6.07, 6.45) is 0.991. The average Bonchev–Trinajstić information content (AvgIpc) is 2.46. The van der Waals surface area contributed by atoms with Crippen LogP contribution in [0.5, 0.6) is 5.75 Å². The zero-order valence-electron chi connectivity index (χ0n) is 12.6. The second-order valence-corrected chi connectivity index (χ2v) is 4.62. The third kappa shape index (κ3) is 4.66. The van der Waals surface area contributed by atoms with E-state index in [4.69, 9.17) is 15.2 Å². The van der Waals surface area contributed by atoms with Crippen LogP contribution in [0, 0.1) is 0 Å². The molecule has 21 heavy (non-hydrogen) atoms. The highest BCUT2D eigenvalue weighted by Crippen LogP contribution is 2.26. The van der Waals surface area contributed by atoms with Gasteiger partial charge in [-0.1, -0.05) is 19.4 Å². The maximum atomic E-state index is 12.1. The van der Waals surface area contributed by atoms with E-state index in [2.05, 4.69) is 5.32 Å². The van der Waals surface area contributed by atoms with Crippen molar-refractivity contribution in [2.45, 2.75) is 32.8 Å². The molecule has 3 N–H and O–H groups in total. The Bertz CT molecular complexity index is 502. The van der Waals surface area contributed by atoms with Gasteiger partial charge < -0.3 is 20.5 Å². The second kappa shape index (κ2) is 8.14. The van der Waals surface area contributed by atoms with Crippen molar-refractivity contribution in [3.8, 4) is 5.75 Å². The van der Waals surface area contributed by atoms with E-state index < -0.39 is 12.1 Å². The molecule has 0 radical (unpaired) electrons. The lowest BCUT2D eigenvalue weighted by molar-refractivity contribution is -0.129. The fourth-order valence-electron chi connectivity index (χ4n) is 1.75. The van der Waals surface area contributed by atoms with Gasteiger partial charge in [0, 0.05) is 6.54 Å². The molecule has 1 rings (SSSR count). The average molecular weight is 294 g/mol. The number of carbonyl (C=O) groups excluding carboxylic acids is 2. The molecule has 0 aliphatic rings. The van der Waals surface area contributed by atoms with Crippen LogP contribution in [0.3, 0.4) is 0 Å². The van der Waals surface area contributed by atoms with Crippen LogP contribution < -0.4 is 15.8 Å². The number of carbonyl (C=O) groups is 2. The summed E-state index contributed by atoms with van der Waals surface area (Å²) in [5.41, 5.74) is 6.27. The van der Waals surface area contributed by atoms with Gasteiger partial charge in [0.15, 0.2) is 11.9 Å². The van der Waals surface area contributed by atoms with E-state index in [1.54, 1.807) is 18.2 Å². The van der Waals surface area contributed by atoms with Gasteiger partial charge in [0.1, 0.15) is 5.56 Å². The maximum absolute atomic E-state index is 12.1. The molecule has 0 saturated heterocycles. The summed E-state index contributed by atoms with van der Waals surface area (Å²) in [6.45, 7) is 4.12. The third-order valence-corrected chi connectivity index (χ3v) is 2.95. The van der Waals surface area contributed by atoms with Crippen LogP contribution in [0.4, 0.5) is 5.69 Å². The molecule has 6 nitrogen and oxygen atoms in total. The normalized spacial score (nSPS) is 11.6. The van der Waals surface area contributed by atoms with Gasteiger partial charge in [0.05, 0.1) is 12.8 Å². The first-order valence-electron chi connectivity index (χ1n) is 6.92. The monoisotopic (exact) mass is 294 g/mol. The van der Waals surface area contributed by atoms with Crippen molar-refractivity contribution >= 4 is 17.6 Å². The number of unbranched alkanes of at least 4 members (excludes halogenated alkanes) is 1. The van der Waals surface area contributed by atoms with Crippen LogP contribution in [0.2, 0.25) is 0 Å². The summed E-state index contributed by atoms with van der Waals surface area (Å²) in [5, 5.41) is 2.71. The second-order valence-electron chi connectivity index (χ2n) is 4.62. The number of nitrogen functional groups attached to an aromatic ring is 1. The SMILES string of the molecule is CCCCNC(=O)C(C)OC(=O)c1cccc(N)c1OC. The highest BCUT2D eigenvalue weighted by molar-refractivity contribution is 5.96. The predicted octanol–water partition coefficient (Wildman–Crippen LogP) is 1.74. The van der Waals surface area contributed by atoms with Crippen LogP contribution in [0.15, 0.2) is 18.2 Å². The molecule has 0 aliphatic heterocycles. The number of esters is 1. The van der Waals surface area contributed by atoms with Crippen molar-refractivity contribution in [2.75, 3.05) is 19.4 Å². The quantitative estimate of drug-likeness (QED) is 0.454. The number of methoxy groups -OCH3 is 1. The minimum Gasteiger partial charge on any atom is -0.494 e. The topological polar surface area (TPSA) is 90.7 Å². The summed E-state index contributed by atoms with van der Waals surface area (Å²) >= 11 is 0. The Morgan fingerprint density at radius 3 is 2.71 bits per heavy atom. The minimum absolute atomic E-state index is 0.200. The van der Waals surface area contributed by atoms with Crippen LogP contribution in [-0.2, 0) is 9.53 Å². The van der Waals surface area contributed by atoms with Crippen LogP contribution in [-0.4, -0.2) is 31.6 Å². The van der Waals surface area contributed by atoms with Gasteiger partial charge in [0.25, 0.3) is 5.91 Å². The van der Waals surface area contributed by atoms with Crippen molar-refractivity contribution in [1.82, 2.24) is 5.32 Å². The Hall–Kier alpha value is -2.24. The first-order chi connectivity index (χ1) is 10.0. The molecule has 6 heteroatoms. The number of ether oxygens (including phenoxy) is 2. The van der Waals surface area contributed by atoms with Gasteiger partial charge in [-0.2, -0.15) is 0 Å². The zero-order valence-corrected chi connectivity index (χ0v) is 12.6. The standard InChI is InChI=1S/C15H22N2O4/c1-4-5-9-17-14(18)10(2)21-15(19)11-7-6-8-12(16)13(11)20-3/h6-8,10H,4-5,9,16H2,1-3H3,(H,17,18). The molecule has 1 aromatic rings. The molecule has 0 fully saturated rings. The number of benzene rings is 1. The van der Waals surface area contributed by atoms with Gasteiger partial charge >= 0.3 is 5.97 Å². The van der Waals surface area contributed by atoms with Crippen molar-refractivity contribution < 1.29 is 19.1 Å². The fraction of sp³-hybridized carbons (Fsp3) is 0.467. The van der Waals surface area contributed by atoms with Gasteiger partial charge in [0.2, 0.25) is 0 Å². The Morgan fingerprint density at radius 2 is 2.10 bits per heavy atom. The summed E-state index contributed by atoms with van der Waals surface area (Å²) < 4.78 is 10.2. The predicted molar refractivity (Wildman–Crippen MR) is 80.2 cm³/mol. The highest BCUT2D eigenvalue weighted by atomic mass is 16.5. The van der Waals surface area contributed by atoms with Crippen molar-refractivity contribution in [1.29, 1.82) is 0 Å². The number of anilines is 1. The summed E-state index contributed by atoms with van der Waals surface area (Å²) in [4.78, 5) is 23.8. The fourth-order valence-corrected chi connectivity index (χ4v) is 1.75. The zero-order chi connectivity index (χ0) is 15.8. The van der Waals surface area contributed by atoms with Gasteiger partial charge in [-0.05, 0) is 25.5 Å². The Morgan fingerprint density at radius 1 is 1.38 bits per heavy atom. The van der Waals surface area contributed by atoms with E-state index in [1.165, 1.54) is 14.0 Å². The first kappa shape index (κ1) is 16.8. The maximum Gasteiger partial charge on any atom is 0.342 e. The van der Waals surface area contributed by atoms with E-state index in [1.807, 2.05) is 6.92 Å². The van der Waals surface area contributed by atoms with E-state index in [0.717, 1.165) is 12.8 Å². The van der Waals surface area contributed by atoms with Gasteiger partial charge in [-0.25, -0.2) is 4.79 Å². The molecule has 0 heterocycles. The number of nitrogens with two attached hydrogens (primary N) is 1. The van der Waals surface area contributed by atoms with Crippen LogP contribution >= 0.6 is 0 Å². The molecule has 1 aromatic carbocycles. The van der Waals surface area contributed by atoms with Crippen molar-refractivity contribution in [3.05, 3.63) is 23.8 Å². The summed E-state index contributed by atoms with van der Waals surface area (Å²) in [7, 11) is 1.42. The lowest BCUT2D eigenvalue weighted by Gasteiger charge is -2.15. The summed E-state index contributed by atoms with van der Waals surface area (Å²) in [5.74, 6) is -0.710. The number of hydrogen-bond donors (Lipinski definition) is 2. The molecular weight excluding hydrogens is 272 g/mol. The number of hydrogen-bond acceptors (Lipinski definition) is 5. The Labute approximate surface area is 124 Å². The molecule has 1 atom stereocenters. The number of nitrogens with one attached hydrogen (secondary N) is 1. The number of rotatable bonds is 7. The third-order valence-electron chi connectivity index (χ3n) is 2.95. The molecule has 0 aliphatic carbocycles. The molecule has 1 unspecified atom stereocenters. The summed E-state index contributed by atoms with van der Waals surface area (Å²) in [6, 6.07) is 4.79. The highest BCUT2D eigenvalue weighted by Gasteiger charge is 2.21. The molecule has 0 aromatic heterocycles. The van der Waals surface area contributed by atoms with Crippen molar-refractivity contribution in [3.63, 3.8) is 0 Å². The minimum atomic E-state index is -0.875. The molecular formula is C15H22N2O4. The number of para-hydroxylation sites is 1. The lowest BCUT2D eigenvalue weighted by Crippen LogP contribution is -2.36. The largest absolute Gasteiger partial charge is 0.494 e. The molecule has 1 amide bonds. The Balaban J connectivity index is 2.68. The smallest absolute Gasteiger partial charge is 0.342 e. The van der Waals surface area contributed by atoms with E-state index in [9.17, 15) is 9.59 Å². The van der Waals surface area contributed by atoms with Crippen LogP contribution in [0.25, 0.3) is 0 Å². The van der Waals surface area contributed by atoms with Gasteiger partial charge in [-0.3, -0.25) is 4.79 Å². The lowest BCUT2D eigenvalue weighted by atomic mass is 10.1. The van der Waals surface area contributed by atoms with E-state index in [0.29, 0.717) is 12.2 Å². The molecule has 0 bridgehead atoms. The van der Waals surface area contributed by atoms with Crippen molar-refractivity contribution in [2.24, 2.45) is 0 Å². The van der Waals surface area contributed by atoms with Crippen LogP contribution in [0.1, 0.15) is 37.0 Å². The first-order valence-corrected chi connectivity index (χ1v) is 6.92. The molecule has 0 spiro atoms. The molecule has 116 valence electrons. The number of amides is 1. The van der Waals surface area contributed by atoms with E-state index in [-0.39, 0.29) is 17.2 Å². The van der Waals surface area contributed by atoms with E-state index >= 15 is 0 Å². The Kier molecular flexibility index (Phi) is 6.52. The van der Waals surface area contributed by atoms with Gasteiger partial charge in [-0.15, -0.1) is 0 Å².